The van der Waals surface area contributed by atoms with Crippen LogP contribution in [0.1, 0.15) is 18.2 Å². The molecule has 0 N–H and O–H groups in total. The molecular formula is C15H19N3O. The molecule has 0 fully saturated rings. The summed E-state index contributed by atoms with van der Waals surface area (Å²) in [6.45, 7) is 5.75. The molecule has 1 heterocycles. The van der Waals surface area contributed by atoms with Gasteiger partial charge in [-0.05, 0) is 37.6 Å². The van der Waals surface area contributed by atoms with E-state index in [-0.39, 0.29) is 0 Å². The van der Waals surface area contributed by atoms with Crippen LogP contribution in [0.5, 0.6) is 5.75 Å². The third-order valence-corrected chi connectivity index (χ3v) is 2.98. The van der Waals surface area contributed by atoms with Gasteiger partial charge in [0.2, 0.25) is 5.95 Å². The lowest BCUT2D eigenvalue weighted by atomic mass is 10.2. The Labute approximate surface area is 114 Å². The van der Waals surface area contributed by atoms with Gasteiger partial charge in [-0.1, -0.05) is 12.1 Å². The monoisotopic (exact) mass is 257 g/mol. The summed E-state index contributed by atoms with van der Waals surface area (Å²) in [4.78, 5) is 10.9. The highest BCUT2D eigenvalue weighted by Gasteiger charge is 2.08. The molecule has 0 aliphatic rings. The molecule has 0 amide bonds. The first-order valence-corrected chi connectivity index (χ1v) is 6.40. The predicted octanol–water partition coefficient (Wildman–Crippen LogP) is 2.82. The summed E-state index contributed by atoms with van der Waals surface area (Å²) in [5.74, 6) is 1.65. The topological polar surface area (TPSA) is 38.2 Å². The van der Waals surface area contributed by atoms with Crippen LogP contribution < -0.4 is 9.64 Å². The van der Waals surface area contributed by atoms with Crippen LogP contribution >= 0.6 is 0 Å². The van der Waals surface area contributed by atoms with Crippen LogP contribution in [0.15, 0.2) is 36.5 Å². The lowest BCUT2D eigenvalue weighted by Gasteiger charge is -2.21. The van der Waals surface area contributed by atoms with Crippen LogP contribution in [-0.4, -0.2) is 23.6 Å². The maximum absolute atomic E-state index is 5.16. The number of anilines is 1. The van der Waals surface area contributed by atoms with Crippen LogP contribution in [0.2, 0.25) is 0 Å². The fourth-order valence-electron chi connectivity index (χ4n) is 1.86. The number of benzene rings is 1. The lowest BCUT2D eigenvalue weighted by molar-refractivity contribution is 0.414. The molecule has 0 aliphatic heterocycles. The largest absolute Gasteiger partial charge is 0.497 e. The molecule has 0 saturated heterocycles. The van der Waals surface area contributed by atoms with Gasteiger partial charge in [-0.15, -0.1) is 0 Å². The summed E-state index contributed by atoms with van der Waals surface area (Å²) in [7, 11) is 1.67. The van der Waals surface area contributed by atoms with E-state index in [0.717, 1.165) is 30.5 Å². The Morgan fingerprint density at radius 2 is 1.89 bits per heavy atom. The zero-order valence-electron chi connectivity index (χ0n) is 11.6. The zero-order chi connectivity index (χ0) is 13.7. The van der Waals surface area contributed by atoms with Crippen molar-refractivity contribution in [3.05, 3.63) is 47.8 Å². The van der Waals surface area contributed by atoms with Gasteiger partial charge in [0, 0.05) is 25.0 Å². The minimum absolute atomic E-state index is 0.776. The van der Waals surface area contributed by atoms with Crippen molar-refractivity contribution in [2.75, 3.05) is 18.6 Å². The van der Waals surface area contributed by atoms with Gasteiger partial charge >= 0.3 is 0 Å². The average molecular weight is 257 g/mol. The van der Waals surface area contributed by atoms with E-state index >= 15 is 0 Å². The van der Waals surface area contributed by atoms with Gasteiger partial charge in [0.1, 0.15) is 5.75 Å². The molecule has 1 aromatic carbocycles. The van der Waals surface area contributed by atoms with E-state index in [1.54, 1.807) is 13.3 Å². The quantitative estimate of drug-likeness (QED) is 0.825. The highest BCUT2D eigenvalue weighted by molar-refractivity contribution is 5.34. The second-order valence-corrected chi connectivity index (χ2v) is 4.36. The number of aromatic nitrogens is 2. The molecule has 4 heteroatoms. The van der Waals surface area contributed by atoms with Gasteiger partial charge < -0.3 is 9.64 Å². The molecule has 0 saturated carbocycles. The van der Waals surface area contributed by atoms with E-state index in [0.29, 0.717) is 0 Å². The van der Waals surface area contributed by atoms with Crippen molar-refractivity contribution < 1.29 is 4.74 Å². The van der Waals surface area contributed by atoms with Crippen LogP contribution in [0.4, 0.5) is 5.95 Å². The predicted molar refractivity (Wildman–Crippen MR) is 76.5 cm³/mol. The van der Waals surface area contributed by atoms with E-state index in [2.05, 4.69) is 33.9 Å². The molecule has 2 aromatic rings. The normalized spacial score (nSPS) is 10.3. The van der Waals surface area contributed by atoms with Crippen LogP contribution in [0, 0.1) is 6.92 Å². The number of ether oxygens (including phenoxy) is 1. The van der Waals surface area contributed by atoms with Crippen molar-refractivity contribution >= 4 is 5.95 Å². The van der Waals surface area contributed by atoms with E-state index < -0.39 is 0 Å². The first-order chi connectivity index (χ1) is 9.22. The van der Waals surface area contributed by atoms with Crippen LogP contribution in [0.3, 0.4) is 0 Å². The van der Waals surface area contributed by atoms with Crippen LogP contribution in [0.25, 0.3) is 0 Å². The maximum Gasteiger partial charge on any atom is 0.225 e. The second kappa shape index (κ2) is 6.18. The third kappa shape index (κ3) is 3.44. The van der Waals surface area contributed by atoms with Crippen LogP contribution in [-0.2, 0) is 6.54 Å². The van der Waals surface area contributed by atoms with E-state index in [1.165, 1.54) is 5.56 Å². The minimum Gasteiger partial charge on any atom is -0.497 e. The third-order valence-electron chi connectivity index (χ3n) is 2.98. The Kier molecular flexibility index (Phi) is 4.34. The van der Waals surface area contributed by atoms with E-state index in [1.807, 2.05) is 25.1 Å². The molecule has 0 spiro atoms. The van der Waals surface area contributed by atoms with Gasteiger partial charge in [0.25, 0.3) is 0 Å². The molecule has 0 aliphatic carbocycles. The average Bonchev–Trinajstić information content (AvgIpc) is 2.45. The Balaban J connectivity index is 2.14. The summed E-state index contributed by atoms with van der Waals surface area (Å²) in [5, 5.41) is 0. The number of hydrogen-bond acceptors (Lipinski definition) is 4. The number of rotatable bonds is 5. The molecule has 0 radical (unpaired) electrons. The molecule has 19 heavy (non-hydrogen) atoms. The molecule has 1 aromatic heterocycles. The van der Waals surface area contributed by atoms with Gasteiger partial charge in [-0.2, -0.15) is 0 Å². The van der Waals surface area contributed by atoms with Crippen molar-refractivity contribution in [2.24, 2.45) is 0 Å². The molecule has 0 atom stereocenters. The first-order valence-electron chi connectivity index (χ1n) is 6.40. The standard InChI is InChI=1S/C15H19N3O/c1-4-18(15-16-10-9-12(2)17-15)11-13-5-7-14(19-3)8-6-13/h5-10H,4,11H2,1-3H3. The fraction of sp³-hybridized carbons (Fsp3) is 0.333. The summed E-state index contributed by atoms with van der Waals surface area (Å²) >= 11 is 0. The molecule has 2 rings (SSSR count). The fourth-order valence-corrected chi connectivity index (χ4v) is 1.86. The lowest BCUT2D eigenvalue weighted by Crippen LogP contribution is -2.24. The Hall–Kier alpha value is -2.10. The Morgan fingerprint density at radius 3 is 2.47 bits per heavy atom. The number of aryl methyl sites for hydroxylation is 1. The number of hydrogen-bond donors (Lipinski definition) is 0. The minimum atomic E-state index is 0.776. The van der Waals surface area contributed by atoms with Crippen molar-refractivity contribution in [3.63, 3.8) is 0 Å². The molecule has 4 nitrogen and oxygen atoms in total. The van der Waals surface area contributed by atoms with Crippen molar-refractivity contribution in [1.82, 2.24) is 9.97 Å². The summed E-state index contributed by atoms with van der Waals surface area (Å²) < 4.78 is 5.16. The van der Waals surface area contributed by atoms with Gasteiger partial charge in [-0.25, -0.2) is 9.97 Å². The van der Waals surface area contributed by atoms with E-state index in [4.69, 9.17) is 4.74 Å². The number of nitrogens with zero attached hydrogens (tertiary/aromatic N) is 3. The molecule has 0 bridgehead atoms. The SMILES string of the molecule is CCN(Cc1ccc(OC)cc1)c1nccc(C)n1. The van der Waals surface area contributed by atoms with Gasteiger partial charge in [-0.3, -0.25) is 0 Å². The van der Waals surface area contributed by atoms with Crippen molar-refractivity contribution in [3.8, 4) is 5.75 Å². The highest BCUT2D eigenvalue weighted by Crippen LogP contribution is 2.15. The Bertz CT molecular complexity index is 525. The van der Waals surface area contributed by atoms with Gasteiger partial charge in [0.15, 0.2) is 0 Å². The van der Waals surface area contributed by atoms with Gasteiger partial charge in [0.05, 0.1) is 7.11 Å². The van der Waals surface area contributed by atoms with Crippen molar-refractivity contribution in [1.29, 1.82) is 0 Å². The molecular weight excluding hydrogens is 238 g/mol. The number of methoxy groups -OCH3 is 1. The molecule has 100 valence electrons. The smallest absolute Gasteiger partial charge is 0.225 e. The van der Waals surface area contributed by atoms with E-state index in [9.17, 15) is 0 Å². The summed E-state index contributed by atoms with van der Waals surface area (Å²) in [6.07, 6.45) is 1.80. The summed E-state index contributed by atoms with van der Waals surface area (Å²) in [6, 6.07) is 9.99. The van der Waals surface area contributed by atoms with Crippen molar-refractivity contribution in [2.45, 2.75) is 20.4 Å². The first kappa shape index (κ1) is 13.3. The molecule has 0 unspecified atom stereocenters. The zero-order valence-corrected chi connectivity index (χ0v) is 11.6. The second-order valence-electron chi connectivity index (χ2n) is 4.36. The highest BCUT2D eigenvalue weighted by atomic mass is 16.5. The summed E-state index contributed by atoms with van der Waals surface area (Å²) in [5.41, 5.74) is 2.20. The Morgan fingerprint density at radius 1 is 1.16 bits per heavy atom. The maximum atomic E-state index is 5.16.